The van der Waals surface area contributed by atoms with E-state index >= 15 is 0 Å². The van der Waals surface area contributed by atoms with Gasteiger partial charge < -0.3 is 9.13 Å². The second-order valence-corrected chi connectivity index (χ2v) is 8.54. The number of imidazole rings is 1. The summed E-state index contributed by atoms with van der Waals surface area (Å²) in [5, 5.41) is 4.02. The van der Waals surface area contributed by atoms with Crippen LogP contribution in [0.5, 0.6) is 0 Å². The molecule has 0 spiro atoms. The maximum absolute atomic E-state index is 6.49. The van der Waals surface area contributed by atoms with Crippen molar-refractivity contribution in [3.05, 3.63) is 86.4 Å². The van der Waals surface area contributed by atoms with Crippen LogP contribution in [0.4, 0.5) is 5.69 Å². The lowest BCUT2D eigenvalue weighted by molar-refractivity contribution is 0.559. The third-order valence-corrected chi connectivity index (χ3v) is 6.08. The van der Waals surface area contributed by atoms with Crippen LogP contribution in [0.1, 0.15) is 6.42 Å². The zero-order valence-electron chi connectivity index (χ0n) is 15.3. The first-order valence-electron chi connectivity index (χ1n) is 9.00. The number of thiazole rings is 1. The van der Waals surface area contributed by atoms with E-state index in [1.165, 1.54) is 0 Å². The van der Waals surface area contributed by atoms with Crippen LogP contribution in [0, 0.1) is 0 Å². The first-order chi connectivity index (χ1) is 14.1. The SMILES string of the molecule is Clc1ccc(N=c2scc(-c3ccc(Cl)cc3Cl)n2CCCn2ccnc2)cc1. The van der Waals surface area contributed by atoms with Gasteiger partial charge in [0, 0.05) is 46.5 Å². The van der Waals surface area contributed by atoms with E-state index in [-0.39, 0.29) is 0 Å². The smallest absolute Gasteiger partial charge is 0.190 e. The van der Waals surface area contributed by atoms with E-state index in [1.807, 2.05) is 48.9 Å². The molecule has 2 aromatic heterocycles. The number of halogens is 3. The maximum Gasteiger partial charge on any atom is 0.190 e. The molecule has 0 atom stereocenters. The standard InChI is InChI=1S/C21H17Cl3N4S/c22-15-2-5-17(6-3-15)26-21-28(10-1-9-27-11-8-25-14-27)20(13-29-21)18-7-4-16(23)12-19(18)24/h2-8,11-14H,1,9-10H2. The van der Waals surface area contributed by atoms with Crippen molar-refractivity contribution >= 4 is 51.8 Å². The van der Waals surface area contributed by atoms with E-state index in [4.69, 9.17) is 39.8 Å². The zero-order chi connectivity index (χ0) is 20.2. The lowest BCUT2D eigenvalue weighted by Crippen LogP contribution is -2.17. The first kappa shape index (κ1) is 20.2. The number of aryl methyl sites for hydroxylation is 1. The van der Waals surface area contributed by atoms with Crippen LogP contribution in [0.25, 0.3) is 11.3 Å². The van der Waals surface area contributed by atoms with Crippen LogP contribution in [0.2, 0.25) is 15.1 Å². The van der Waals surface area contributed by atoms with Gasteiger partial charge in [-0.15, -0.1) is 11.3 Å². The summed E-state index contributed by atoms with van der Waals surface area (Å²) < 4.78 is 4.27. The Balaban J connectivity index is 1.72. The van der Waals surface area contributed by atoms with Gasteiger partial charge in [-0.3, -0.25) is 0 Å². The molecule has 0 aliphatic carbocycles. The molecule has 0 aliphatic heterocycles. The Labute approximate surface area is 187 Å². The predicted molar refractivity (Wildman–Crippen MR) is 121 cm³/mol. The van der Waals surface area contributed by atoms with Crippen molar-refractivity contribution in [2.24, 2.45) is 4.99 Å². The number of rotatable bonds is 6. The molecule has 2 heterocycles. The molecular formula is C21H17Cl3N4S. The van der Waals surface area contributed by atoms with Crippen LogP contribution < -0.4 is 4.80 Å². The molecule has 2 aromatic carbocycles. The van der Waals surface area contributed by atoms with E-state index in [9.17, 15) is 0 Å². The van der Waals surface area contributed by atoms with E-state index in [0.29, 0.717) is 15.1 Å². The summed E-state index contributed by atoms with van der Waals surface area (Å²) in [5.74, 6) is 0. The normalized spacial score (nSPS) is 11.9. The fourth-order valence-electron chi connectivity index (χ4n) is 3.00. The van der Waals surface area contributed by atoms with Gasteiger partial charge in [0.15, 0.2) is 4.80 Å². The predicted octanol–water partition coefficient (Wildman–Crippen LogP) is 6.70. The molecule has 0 amide bonds. The van der Waals surface area contributed by atoms with Gasteiger partial charge in [0.1, 0.15) is 0 Å². The van der Waals surface area contributed by atoms with Crippen molar-refractivity contribution < 1.29 is 0 Å². The summed E-state index contributed by atoms with van der Waals surface area (Å²) in [4.78, 5) is 9.83. The molecule has 0 fully saturated rings. The highest BCUT2D eigenvalue weighted by molar-refractivity contribution is 7.07. The zero-order valence-corrected chi connectivity index (χ0v) is 18.4. The molecule has 29 heavy (non-hydrogen) atoms. The van der Waals surface area contributed by atoms with Gasteiger partial charge in [0.2, 0.25) is 0 Å². The van der Waals surface area contributed by atoms with Crippen molar-refractivity contribution in [1.82, 2.24) is 14.1 Å². The van der Waals surface area contributed by atoms with Crippen molar-refractivity contribution in [1.29, 1.82) is 0 Å². The second-order valence-electron chi connectivity index (χ2n) is 6.42. The molecule has 0 saturated heterocycles. The fraction of sp³-hybridized carbons (Fsp3) is 0.143. The van der Waals surface area contributed by atoms with Gasteiger partial charge in [0.05, 0.1) is 22.7 Å². The number of nitrogens with zero attached hydrogens (tertiary/aromatic N) is 4. The van der Waals surface area contributed by atoms with Gasteiger partial charge in [0.25, 0.3) is 0 Å². The highest BCUT2D eigenvalue weighted by atomic mass is 35.5. The summed E-state index contributed by atoms with van der Waals surface area (Å²) in [6.45, 7) is 1.67. The Morgan fingerprint density at radius 3 is 2.48 bits per heavy atom. The molecule has 4 aromatic rings. The van der Waals surface area contributed by atoms with Crippen LogP contribution in [-0.2, 0) is 13.1 Å². The summed E-state index contributed by atoms with van der Waals surface area (Å²) in [6.07, 6.45) is 6.51. The lowest BCUT2D eigenvalue weighted by Gasteiger charge is -2.11. The van der Waals surface area contributed by atoms with Crippen LogP contribution in [0.15, 0.2) is 71.6 Å². The van der Waals surface area contributed by atoms with Crippen LogP contribution in [0.3, 0.4) is 0 Å². The topological polar surface area (TPSA) is 35.1 Å². The van der Waals surface area contributed by atoms with E-state index < -0.39 is 0 Å². The fourth-order valence-corrected chi connectivity index (χ4v) is 4.58. The number of hydrogen-bond acceptors (Lipinski definition) is 3. The minimum Gasteiger partial charge on any atom is -0.337 e. The molecule has 0 saturated carbocycles. The highest BCUT2D eigenvalue weighted by Gasteiger charge is 2.12. The molecule has 4 rings (SSSR count). The van der Waals surface area contributed by atoms with Crippen molar-refractivity contribution in [2.45, 2.75) is 19.5 Å². The lowest BCUT2D eigenvalue weighted by atomic mass is 10.1. The largest absolute Gasteiger partial charge is 0.337 e. The second kappa shape index (κ2) is 9.18. The molecule has 4 nitrogen and oxygen atoms in total. The number of hydrogen-bond donors (Lipinski definition) is 0. The third-order valence-electron chi connectivity index (χ3n) is 4.41. The van der Waals surface area contributed by atoms with Gasteiger partial charge in [-0.25, -0.2) is 9.98 Å². The molecule has 0 aliphatic rings. The summed E-state index contributed by atoms with van der Waals surface area (Å²) in [6, 6.07) is 13.1. The molecule has 0 unspecified atom stereocenters. The molecule has 0 bridgehead atoms. The maximum atomic E-state index is 6.49. The molecule has 8 heteroatoms. The summed E-state index contributed by atoms with van der Waals surface area (Å²) in [7, 11) is 0. The molecule has 0 N–H and O–H groups in total. The first-order valence-corrected chi connectivity index (χ1v) is 11.0. The van der Waals surface area contributed by atoms with E-state index in [2.05, 4.69) is 19.5 Å². The van der Waals surface area contributed by atoms with Gasteiger partial charge in [-0.05, 0) is 48.9 Å². The minimum atomic E-state index is 0.617. The molecular weight excluding hydrogens is 447 g/mol. The van der Waals surface area contributed by atoms with Crippen molar-refractivity contribution in [3.8, 4) is 11.3 Å². The molecule has 0 radical (unpaired) electrons. The minimum absolute atomic E-state index is 0.617. The Kier molecular flexibility index (Phi) is 6.40. The van der Waals surface area contributed by atoms with Crippen LogP contribution >= 0.6 is 46.1 Å². The quantitative estimate of drug-likeness (QED) is 0.313. The Hall–Kier alpha value is -2.05. The van der Waals surface area contributed by atoms with E-state index in [0.717, 1.165) is 41.3 Å². The van der Waals surface area contributed by atoms with Gasteiger partial charge in [-0.1, -0.05) is 34.8 Å². The monoisotopic (exact) mass is 462 g/mol. The number of benzene rings is 2. The van der Waals surface area contributed by atoms with E-state index in [1.54, 1.807) is 23.6 Å². The van der Waals surface area contributed by atoms with Gasteiger partial charge >= 0.3 is 0 Å². The van der Waals surface area contributed by atoms with Crippen molar-refractivity contribution in [3.63, 3.8) is 0 Å². The Morgan fingerprint density at radius 1 is 0.966 bits per heavy atom. The Bertz CT molecular complexity index is 1160. The van der Waals surface area contributed by atoms with Gasteiger partial charge in [-0.2, -0.15) is 0 Å². The summed E-state index contributed by atoms with van der Waals surface area (Å²) >= 11 is 20.2. The van der Waals surface area contributed by atoms with Crippen LogP contribution in [-0.4, -0.2) is 14.1 Å². The van der Waals surface area contributed by atoms with Crippen molar-refractivity contribution in [2.75, 3.05) is 0 Å². The number of aromatic nitrogens is 3. The highest BCUT2D eigenvalue weighted by Crippen LogP contribution is 2.31. The average molecular weight is 464 g/mol. The Morgan fingerprint density at radius 2 is 1.76 bits per heavy atom. The average Bonchev–Trinajstić information content (AvgIpc) is 3.35. The third kappa shape index (κ3) is 4.93. The molecule has 148 valence electrons. The summed E-state index contributed by atoms with van der Waals surface area (Å²) in [5.41, 5.74) is 2.82.